The molecule has 5 heteroatoms. The maximum Gasteiger partial charge on any atom is 0.317 e. The number of rotatable bonds is 9. The van der Waals surface area contributed by atoms with Gasteiger partial charge in [0, 0.05) is 0 Å². The second kappa shape index (κ2) is 8.64. The highest BCUT2D eigenvalue weighted by Crippen LogP contribution is 2.55. The monoisotopic (exact) mass is 399 g/mol. The summed E-state index contributed by atoms with van der Waals surface area (Å²) in [5.41, 5.74) is 2.23. The van der Waals surface area contributed by atoms with E-state index in [1.54, 1.807) is 4.90 Å². The van der Waals surface area contributed by atoms with Crippen LogP contribution in [0.3, 0.4) is 0 Å². The Morgan fingerprint density at radius 2 is 1.69 bits per heavy atom. The summed E-state index contributed by atoms with van der Waals surface area (Å²) < 4.78 is 20.6. The SMILES string of the molecule is CCC1(CC)OC(CCCN(C)CC(=O)O)(c2ccc(F)cc2)c2ccccc21. The van der Waals surface area contributed by atoms with Crippen LogP contribution in [0.15, 0.2) is 48.5 Å². The molecule has 2 aromatic rings. The summed E-state index contributed by atoms with van der Waals surface area (Å²) in [6.45, 7) is 4.93. The van der Waals surface area contributed by atoms with Crippen LogP contribution in [-0.4, -0.2) is 36.1 Å². The molecule has 0 bridgehead atoms. The molecule has 2 aromatic carbocycles. The van der Waals surface area contributed by atoms with Gasteiger partial charge >= 0.3 is 5.97 Å². The number of ether oxygens (including phenoxy) is 1. The fourth-order valence-corrected chi connectivity index (χ4v) is 4.62. The van der Waals surface area contributed by atoms with E-state index in [4.69, 9.17) is 9.84 Å². The molecule has 156 valence electrons. The third kappa shape index (κ3) is 4.07. The van der Waals surface area contributed by atoms with Crippen LogP contribution in [0.4, 0.5) is 4.39 Å². The number of fused-ring (bicyclic) bond motifs is 1. The summed E-state index contributed by atoms with van der Waals surface area (Å²) in [4.78, 5) is 12.8. The van der Waals surface area contributed by atoms with Crippen LogP contribution in [0.2, 0.25) is 0 Å². The zero-order chi connectivity index (χ0) is 21.1. The number of carbonyl (C=O) groups is 1. The standard InChI is InChI=1S/C24H30FNO3/c1-4-23(5-2)20-9-6-7-10-21(20)24(29-23,18-11-13-19(25)14-12-18)15-8-16-26(3)17-22(27)28/h6-7,9-14H,4-5,8,15-17H2,1-3H3,(H,27,28). The first-order valence-corrected chi connectivity index (χ1v) is 10.3. The summed E-state index contributed by atoms with van der Waals surface area (Å²) in [5.74, 6) is -1.10. The van der Waals surface area contributed by atoms with E-state index in [9.17, 15) is 9.18 Å². The highest BCUT2D eigenvalue weighted by atomic mass is 19.1. The van der Waals surface area contributed by atoms with E-state index in [0.29, 0.717) is 13.0 Å². The third-order valence-corrected chi connectivity index (χ3v) is 6.15. The molecule has 1 atom stereocenters. The molecule has 3 rings (SSSR count). The number of nitrogens with zero attached hydrogens (tertiary/aromatic N) is 1. The molecule has 0 saturated carbocycles. The van der Waals surface area contributed by atoms with Gasteiger partial charge in [-0.3, -0.25) is 9.69 Å². The average molecular weight is 400 g/mol. The van der Waals surface area contributed by atoms with Crippen molar-refractivity contribution in [2.45, 2.75) is 50.7 Å². The zero-order valence-electron chi connectivity index (χ0n) is 17.5. The minimum absolute atomic E-state index is 0.00878. The summed E-state index contributed by atoms with van der Waals surface area (Å²) in [6, 6.07) is 14.9. The lowest BCUT2D eigenvalue weighted by Crippen LogP contribution is -2.34. The van der Waals surface area contributed by atoms with Crippen LogP contribution < -0.4 is 0 Å². The highest BCUT2D eigenvalue weighted by molar-refractivity contribution is 5.69. The van der Waals surface area contributed by atoms with Gasteiger partial charge in [0.2, 0.25) is 0 Å². The normalized spacial score (nSPS) is 20.0. The maximum absolute atomic E-state index is 13.7. The molecule has 0 aliphatic carbocycles. The average Bonchev–Trinajstić information content (AvgIpc) is 3.00. The predicted molar refractivity (Wildman–Crippen MR) is 111 cm³/mol. The lowest BCUT2D eigenvalue weighted by Gasteiger charge is -2.36. The van der Waals surface area contributed by atoms with Crippen molar-refractivity contribution in [1.29, 1.82) is 0 Å². The van der Waals surface area contributed by atoms with Crippen molar-refractivity contribution in [2.75, 3.05) is 20.1 Å². The van der Waals surface area contributed by atoms with Gasteiger partial charge in [0.15, 0.2) is 0 Å². The number of benzene rings is 2. The molecule has 0 spiro atoms. The number of aliphatic carboxylic acids is 1. The van der Waals surface area contributed by atoms with Crippen molar-refractivity contribution in [1.82, 2.24) is 4.90 Å². The Morgan fingerprint density at radius 1 is 1.07 bits per heavy atom. The van der Waals surface area contributed by atoms with Gasteiger partial charge in [0.1, 0.15) is 11.4 Å². The molecule has 1 aliphatic rings. The lowest BCUT2D eigenvalue weighted by atomic mass is 9.80. The van der Waals surface area contributed by atoms with E-state index < -0.39 is 11.6 Å². The van der Waals surface area contributed by atoms with E-state index >= 15 is 0 Å². The fraction of sp³-hybridized carbons (Fsp3) is 0.458. The van der Waals surface area contributed by atoms with E-state index in [1.165, 1.54) is 17.7 Å². The maximum atomic E-state index is 13.7. The van der Waals surface area contributed by atoms with Gasteiger partial charge in [-0.1, -0.05) is 50.2 Å². The molecule has 0 fully saturated rings. The summed E-state index contributed by atoms with van der Waals surface area (Å²) >= 11 is 0. The van der Waals surface area contributed by atoms with Crippen molar-refractivity contribution >= 4 is 5.97 Å². The Kier molecular flexibility index (Phi) is 6.39. The zero-order valence-corrected chi connectivity index (χ0v) is 17.5. The van der Waals surface area contributed by atoms with Gasteiger partial charge in [0.25, 0.3) is 0 Å². The molecule has 0 saturated heterocycles. The molecule has 1 N–H and O–H groups in total. The fourth-order valence-electron chi connectivity index (χ4n) is 4.62. The summed E-state index contributed by atoms with van der Waals surface area (Å²) in [5, 5.41) is 9.01. The molecule has 1 heterocycles. The van der Waals surface area contributed by atoms with Crippen molar-refractivity contribution in [3.63, 3.8) is 0 Å². The quantitative estimate of drug-likeness (QED) is 0.651. The Balaban J connectivity index is 2.01. The Labute approximate surface area is 172 Å². The molecule has 29 heavy (non-hydrogen) atoms. The molecule has 0 amide bonds. The Morgan fingerprint density at radius 3 is 2.28 bits per heavy atom. The van der Waals surface area contributed by atoms with Crippen molar-refractivity contribution < 1.29 is 19.0 Å². The number of hydrogen-bond acceptors (Lipinski definition) is 3. The van der Waals surface area contributed by atoms with Crippen LogP contribution in [-0.2, 0) is 20.7 Å². The Bertz CT molecular complexity index is 847. The van der Waals surface area contributed by atoms with Crippen LogP contribution in [0.1, 0.15) is 56.2 Å². The second-order valence-electron chi connectivity index (χ2n) is 7.92. The second-order valence-corrected chi connectivity index (χ2v) is 7.92. The number of hydrogen-bond donors (Lipinski definition) is 1. The first-order chi connectivity index (χ1) is 13.9. The van der Waals surface area contributed by atoms with Gasteiger partial charge in [-0.25, -0.2) is 4.39 Å². The topological polar surface area (TPSA) is 49.8 Å². The van der Waals surface area contributed by atoms with Crippen molar-refractivity contribution in [3.8, 4) is 0 Å². The number of carboxylic acids is 1. The number of carboxylic acid groups (broad SMARTS) is 1. The van der Waals surface area contributed by atoms with Gasteiger partial charge in [0.05, 0.1) is 12.1 Å². The molecular weight excluding hydrogens is 369 g/mol. The smallest absolute Gasteiger partial charge is 0.317 e. The highest BCUT2D eigenvalue weighted by Gasteiger charge is 2.52. The van der Waals surface area contributed by atoms with Crippen molar-refractivity contribution in [3.05, 3.63) is 71.0 Å². The molecule has 1 unspecified atom stereocenters. The van der Waals surface area contributed by atoms with E-state index in [1.807, 2.05) is 31.3 Å². The van der Waals surface area contributed by atoms with Gasteiger partial charge in [-0.05, 0) is 68.1 Å². The van der Waals surface area contributed by atoms with Crippen LogP contribution in [0, 0.1) is 5.82 Å². The summed E-state index contributed by atoms with van der Waals surface area (Å²) in [6.07, 6.45) is 3.16. The Hall–Kier alpha value is -2.24. The lowest BCUT2D eigenvalue weighted by molar-refractivity contribution is -0.138. The first-order valence-electron chi connectivity index (χ1n) is 10.3. The van der Waals surface area contributed by atoms with Gasteiger partial charge < -0.3 is 9.84 Å². The van der Waals surface area contributed by atoms with Gasteiger partial charge in [-0.2, -0.15) is 0 Å². The van der Waals surface area contributed by atoms with E-state index in [-0.39, 0.29) is 18.0 Å². The number of halogens is 1. The van der Waals surface area contributed by atoms with Crippen LogP contribution in [0.25, 0.3) is 0 Å². The number of likely N-dealkylation sites (N-methyl/N-ethyl adjacent to an activating group) is 1. The van der Waals surface area contributed by atoms with Crippen molar-refractivity contribution in [2.24, 2.45) is 0 Å². The summed E-state index contributed by atoms with van der Waals surface area (Å²) in [7, 11) is 1.81. The molecule has 4 nitrogen and oxygen atoms in total. The molecule has 0 radical (unpaired) electrons. The van der Waals surface area contributed by atoms with Gasteiger partial charge in [-0.15, -0.1) is 0 Å². The minimum Gasteiger partial charge on any atom is -0.480 e. The molecule has 0 aromatic heterocycles. The van der Waals surface area contributed by atoms with Crippen LogP contribution in [0.5, 0.6) is 0 Å². The predicted octanol–water partition coefficient (Wildman–Crippen LogP) is 4.91. The molecular formula is C24H30FNO3. The van der Waals surface area contributed by atoms with E-state index in [2.05, 4.69) is 26.0 Å². The third-order valence-electron chi connectivity index (χ3n) is 6.15. The minimum atomic E-state index is -0.834. The van der Waals surface area contributed by atoms with E-state index in [0.717, 1.165) is 30.4 Å². The first kappa shape index (κ1) is 21.5. The largest absolute Gasteiger partial charge is 0.480 e. The van der Waals surface area contributed by atoms with Crippen LogP contribution >= 0.6 is 0 Å². The molecule has 1 aliphatic heterocycles.